The lowest BCUT2D eigenvalue weighted by atomic mass is 10.1. The first kappa shape index (κ1) is 19.7. The minimum Gasteiger partial charge on any atom is -0.476 e. The largest absolute Gasteiger partial charge is 0.476 e. The molecule has 0 saturated carbocycles. The third-order valence-electron chi connectivity index (χ3n) is 5.54. The first-order valence-corrected chi connectivity index (χ1v) is 10.2. The molecule has 0 aliphatic carbocycles. The first-order chi connectivity index (χ1) is 14.0. The highest BCUT2D eigenvalue weighted by atomic mass is 35.5. The van der Waals surface area contributed by atoms with Crippen molar-refractivity contribution < 1.29 is 14.7 Å². The molecule has 0 unspecified atom stereocenters. The average Bonchev–Trinajstić information content (AvgIpc) is 3.42. The Morgan fingerprint density at radius 1 is 1.03 bits per heavy atom. The molecule has 1 aromatic heterocycles. The van der Waals surface area contributed by atoms with Gasteiger partial charge in [-0.25, -0.2) is 9.59 Å². The monoisotopic (exact) mass is 417 g/mol. The zero-order valence-electron chi connectivity index (χ0n) is 16.1. The highest BCUT2D eigenvalue weighted by Crippen LogP contribution is 2.29. The molecule has 1 aromatic carbocycles. The number of hydrogen-bond acceptors (Lipinski definition) is 5. The van der Waals surface area contributed by atoms with E-state index in [0.29, 0.717) is 13.1 Å². The molecule has 2 saturated heterocycles. The van der Waals surface area contributed by atoms with Crippen LogP contribution < -0.4 is 4.90 Å². The number of carbonyl (C=O) groups is 2. The van der Waals surface area contributed by atoms with Gasteiger partial charge in [-0.15, -0.1) is 0 Å². The van der Waals surface area contributed by atoms with Gasteiger partial charge in [-0.2, -0.15) is 9.78 Å². The highest BCUT2D eigenvalue weighted by Gasteiger charge is 2.25. The number of nitrogens with zero attached hydrogens (tertiary/aromatic N) is 5. The van der Waals surface area contributed by atoms with E-state index in [2.05, 4.69) is 27.0 Å². The molecule has 154 valence electrons. The van der Waals surface area contributed by atoms with Gasteiger partial charge in [0.1, 0.15) is 0 Å². The molecular formula is C20H24ClN5O3. The van der Waals surface area contributed by atoms with E-state index < -0.39 is 5.97 Å². The van der Waals surface area contributed by atoms with Crippen molar-refractivity contribution >= 4 is 29.3 Å². The number of halogens is 1. The molecule has 1 amide bonds. The maximum absolute atomic E-state index is 12.6. The summed E-state index contributed by atoms with van der Waals surface area (Å²) in [4.78, 5) is 30.0. The summed E-state index contributed by atoms with van der Waals surface area (Å²) in [6.45, 7) is 5.61. The number of carbonyl (C=O) groups excluding carboxylic acids is 1. The maximum atomic E-state index is 12.6. The van der Waals surface area contributed by atoms with Crippen molar-refractivity contribution in [2.45, 2.75) is 19.4 Å². The molecule has 2 aromatic rings. The Labute approximate surface area is 174 Å². The molecule has 2 aliphatic rings. The third kappa shape index (κ3) is 4.38. The van der Waals surface area contributed by atoms with Gasteiger partial charge in [0.25, 0.3) is 0 Å². The SMILES string of the molecule is O=C(O)c1ccn(C(=O)N2CCN(Cc3ccc(Cl)cc3N3CCCC3)CC2)n1. The summed E-state index contributed by atoms with van der Waals surface area (Å²) in [6, 6.07) is 7.14. The molecular weight excluding hydrogens is 394 g/mol. The lowest BCUT2D eigenvalue weighted by Gasteiger charge is -2.35. The van der Waals surface area contributed by atoms with Crippen LogP contribution in [0.15, 0.2) is 30.5 Å². The summed E-state index contributed by atoms with van der Waals surface area (Å²) in [5.74, 6) is -1.14. The van der Waals surface area contributed by atoms with Gasteiger partial charge >= 0.3 is 12.0 Å². The van der Waals surface area contributed by atoms with E-state index in [1.807, 2.05) is 6.07 Å². The first-order valence-electron chi connectivity index (χ1n) is 9.85. The van der Waals surface area contributed by atoms with Crippen LogP contribution in [0, 0.1) is 0 Å². The van der Waals surface area contributed by atoms with Crippen LogP contribution in [0.5, 0.6) is 0 Å². The number of carboxylic acid groups (broad SMARTS) is 1. The zero-order valence-corrected chi connectivity index (χ0v) is 16.9. The Morgan fingerprint density at radius 2 is 1.76 bits per heavy atom. The van der Waals surface area contributed by atoms with Crippen molar-refractivity contribution in [3.8, 4) is 0 Å². The highest BCUT2D eigenvalue weighted by molar-refractivity contribution is 6.30. The van der Waals surface area contributed by atoms with Gasteiger partial charge in [0.2, 0.25) is 0 Å². The molecule has 9 heteroatoms. The normalized spacial score (nSPS) is 17.7. The van der Waals surface area contributed by atoms with E-state index in [1.54, 1.807) is 4.90 Å². The summed E-state index contributed by atoms with van der Waals surface area (Å²) in [6.07, 6.45) is 3.82. The number of anilines is 1. The Hall–Kier alpha value is -2.58. The van der Waals surface area contributed by atoms with Crippen LogP contribution in [-0.4, -0.2) is 76.0 Å². The van der Waals surface area contributed by atoms with Gasteiger partial charge in [0.05, 0.1) is 0 Å². The molecule has 2 aliphatic heterocycles. The second-order valence-electron chi connectivity index (χ2n) is 7.46. The number of piperazine rings is 1. The van der Waals surface area contributed by atoms with Crippen LogP contribution in [0.3, 0.4) is 0 Å². The summed E-state index contributed by atoms with van der Waals surface area (Å²) < 4.78 is 1.10. The molecule has 4 rings (SSSR count). The van der Waals surface area contributed by atoms with Crippen LogP contribution in [0.4, 0.5) is 10.5 Å². The van der Waals surface area contributed by atoms with Crippen LogP contribution in [0.2, 0.25) is 5.02 Å². The third-order valence-corrected chi connectivity index (χ3v) is 5.77. The molecule has 0 atom stereocenters. The molecule has 2 fully saturated rings. The summed E-state index contributed by atoms with van der Waals surface area (Å²) in [5.41, 5.74) is 2.34. The summed E-state index contributed by atoms with van der Waals surface area (Å²) in [5, 5.41) is 13.5. The van der Waals surface area contributed by atoms with Gasteiger partial charge in [-0.3, -0.25) is 4.90 Å². The van der Waals surface area contributed by atoms with Crippen LogP contribution in [0.25, 0.3) is 0 Å². The van der Waals surface area contributed by atoms with Crippen molar-refractivity contribution in [3.05, 3.63) is 46.7 Å². The standard InChI is InChI=1S/C20H24ClN5O3/c21-16-4-3-15(18(13-16)24-6-1-2-7-24)14-23-9-11-25(12-10-23)20(29)26-8-5-17(22-26)19(27)28/h3-5,8,13H,1-2,6-7,9-12,14H2,(H,27,28). The summed E-state index contributed by atoms with van der Waals surface area (Å²) >= 11 is 6.24. The number of benzene rings is 1. The minimum atomic E-state index is -1.14. The van der Waals surface area contributed by atoms with Crippen LogP contribution >= 0.6 is 11.6 Å². The van der Waals surface area contributed by atoms with Crippen molar-refractivity contribution in [3.63, 3.8) is 0 Å². The van der Waals surface area contributed by atoms with E-state index in [1.165, 1.54) is 36.4 Å². The lowest BCUT2D eigenvalue weighted by Crippen LogP contribution is -2.49. The van der Waals surface area contributed by atoms with E-state index in [9.17, 15) is 9.59 Å². The van der Waals surface area contributed by atoms with E-state index in [-0.39, 0.29) is 11.7 Å². The predicted octanol–water partition coefficient (Wildman–Crippen LogP) is 2.62. The Bertz CT molecular complexity index is 901. The summed E-state index contributed by atoms with van der Waals surface area (Å²) in [7, 11) is 0. The smallest absolute Gasteiger partial charge is 0.356 e. The van der Waals surface area contributed by atoms with Crippen molar-refractivity contribution in [2.24, 2.45) is 0 Å². The van der Waals surface area contributed by atoms with Crippen molar-refractivity contribution in [2.75, 3.05) is 44.2 Å². The zero-order chi connectivity index (χ0) is 20.4. The maximum Gasteiger partial charge on any atom is 0.356 e. The fraction of sp³-hybridized carbons (Fsp3) is 0.450. The molecule has 0 bridgehead atoms. The Morgan fingerprint density at radius 3 is 2.41 bits per heavy atom. The molecule has 0 radical (unpaired) electrons. The van der Waals surface area contributed by atoms with Gasteiger partial charge in [-0.05, 0) is 36.6 Å². The number of amides is 1. The lowest BCUT2D eigenvalue weighted by molar-refractivity contribution is 0.0689. The van der Waals surface area contributed by atoms with Gasteiger partial charge in [-0.1, -0.05) is 17.7 Å². The van der Waals surface area contributed by atoms with Gasteiger partial charge in [0.15, 0.2) is 5.69 Å². The molecule has 1 N–H and O–H groups in total. The van der Waals surface area contributed by atoms with E-state index in [4.69, 9.17) is 16.7 Å². The second-order valence-corrected chi connectivity index (χ2v) is 7.90. The minimum absolute atomic E-state index is 0.130. The fourth-order valence-corrected chi connectivity index (χ4v) is 4.12. The van der Waals surface area contributed by atoms with Crippen molar-refractivity contribution in [1.82, 2.24) is 19.6 Å². The fourth-order valence-electron chi connectivity index (χ4n) is 3.95. The van der Waals surface area contributed by atoms with Crippen LogP contribution in [0.1, 0.15) is 28.9 Å². The second kappa shape index (κ2) is 8.42. The van der Waals surface area contributed by atoms with E-state index in [0.717, 1.165) is 42.4 Å². The molecule has 29 heavy (non-hydrogen) atoms. The van der Waals surface area contributed by atoms with Crippen LogP contribution in [-0.2, 0) is 6.54 Å². The molecule has 3 heterocycles. The topological polar surface area (TPSA) is 81.9 Å². The molecule has 0 spiro atoms. The quantitative estimate of drug-likeness (QED) is 0.823. The molecule has 8 nitrogen and oxygen atoms in total. The Balaban J connectivity index is 1.38. The number of aromatic carboxylic acids is 1. The van der Waals surface area contributed by atoms with E-state index >= 15 is 0 Å². The number of rotatable bonds is 4. The van der Waals surface area contributed by atoms with Crippen molar-refractivity contribution in [1.29, 1.82) is 0 Å². The number of hydrogen-bond donors (Lipinski definition) is 1. The number of carboxylic acids is 1. The predicted molar refractivity (Wildman–Crippen MR) is 110 cm³/mol. The van der Waals surface area contributed by atoms with Gasteiger partial charge < -0.3 is 14.9 Å². The number of aromatic nitrogens is 2. The average molecular weight is 418 g/mol. The Kier molecular flexibility index (Phi) is 5.73. The van der Waals surface area contributed by atoms with Gasteiger partial charge in [0, 0.05) is 62.7 Å².